The van der Waals surface area contributed by atoms with Crippen molar-refractivity contribution < 1.29 is 22.8 Å². The molecule has 2 heterocycles. The monoisotopic (exact) mass is 483 g/mol. The molecule has 1 saturated heterocycles. The lowest BCUT2D eigenvalue weighted by molar-refractivity contribution is -0.132. The second kappa shape index (κ2) is 10.1. The summed E-state index contributed by atoms with van der Waals surface area (Å²) < 4.78 is 26.8. The molecule has 2 aliphatic heterocycles. The molecule has 0 radical (unpaired) electrons. The van der Waals surface area contributed by atoms with E-state index in [1.165, 1.54) is 23.2 Å². The summed E-state index contributed by atoms with van der Waals surface area (Å²) in [6.07, 6.45) is 0.578. The van der Waals surface area contributed by atoms with E-state index in [0.717, 1.165) is 15.6 Å². The van der Waals surface area contributed by atoms with E-state index in [-0.39, 0.29) is 49.2 Å². The minimum Gasteiger partial charge on any atom is -0.354 e. The van der Waals surface area contributed by atoms with Crippen molar-refractivity contribution in [2.24, 2.45) is 5.10 Å². The summed E-state index contributed by atoms with van der Waals surface area (Å²) in [5.41, 5.74) is 2.10. The Morgan fingerprint density at radius 3 is 2.59 bits per heavy atom. The quantitative estimate of drug-likeness (QED) is 0.611. The van der Waals surface area contributed by atoms with E-state index in [1.807, 2.05) is 30.3 Å². The number of carbonyl (C=O) groups is 3. The SMILES string of the molecule is O=C1CN(S(=O)(=O)c2cccc(NC(=O)CCC(=O)N3CCC(c4ccccc4)=N3)c2)CCN1. The van der Waals surface area contributed by atoms with Gasteiger partial charge in [-0.2, -0.15) is 9.41 Å². The first kappa shape index (κ1) is 23.6. The Morgan fingerprint density at radius 1 is 1.03 bits per heavy atom. The molecule has 2 aromatic rings. The maximum Gasteiger partial charge on any atom is 0.243 e. The highest BCUT2D eigenvalue weighted by Gasteiger charge is 2.29. The normalized spacial score (nSPS) is 16.6. The van der Waals surface area contributed by atoms with Crippen LogP contribution in [0.5, 0.6) is 0 Å². The molecule has 3 amide bonds. The molecular weight excluding hydrogens is 458 g/mol. The number of hydrazone groups is 1. The highest BCUT2D eigenvalue weighted by atomic mass is 32.2. The van der Waals surface area contributed by atoms with Crippen LogP contribution in [0.1, 0.15) is 24.8 Å². The molecule has 0 unspecified atom stereocenters. The molecule has 34 heavy (non-hydrogen) atoms. The van der Waals surface area contributed by atoms with Crippen LogP contribution in [-0.4, -0.2) is 67.3 Å². The van der Waals surface area contributed by atoms with Crippen molar-refractivity contribution >= 4 is 39.1 Å². The van der Waals surface area contributed by atoms with Gasteiger partial charge in [-0.1, -0.05) is 36.4 Å². The molecule has 0 aromatic heterocycles. The van der Waals surface area contributed by atoms with E-state index < -0.39 is 15.9 Å². The fourth-order valence-corrected chi connectivity index (χ4v) is 5.19. The number of benzene rings is 2. The molecule has 4 rings (SSSR count). The minimum atomic E-state index is -3.87. The lowest BCUT2D eigenvalue weighted by Gasteiger charge is -2.26. The van der Waals surface area contributed by atoms with Crippen LogP contribution >= 0.6 is 0 Å². The van der Waals surface area contributed by atoms with Crippen molar-refractivity contribution in [1.82, 2.24) is 14.6 Å². The zero-order chi connectivity index (χ0) is 24.1. The van der Waals surface area contributed by atoms with Crippen molar-refractivity contribution in [3.05, 3.63) is 60.2 Å². The first-order valence-corrected chi connectivity index (χ1v) is 12.4. The molecule has 0 saturated carbocycles. The smallest absolute Gasteiger partial charge is 0.243 e. The van der Waals surface area contributed by atoms with E-state index in [9.17, 15) is 22.8 Å². The van der Waals surface area contributed by atoms with Gasteiger partial charge < -0.3 is 10.6 Å². The summed E-state index contributed by atoms with van der Waals surface area (Å²) in [6, 6.07) is 15.5. The molecule has 11 heteroatoms. The van der Waals surface area contributed by atoms with Gasteiger partial charge in [0.1, 0.15) is 0 Å². The lowest BCUT2D eigenvalue weighted by atomic mass is 10.1. The van der Waals surface area contributed by atoms with Crippen molar-refractivity contribution in [3.8, 4) is 0 Å². The third kappa shape index (κ3) is 5.49. The van der Waals surface area contributed by atoms with Gasteiger partial charge in [0.2, 0.25) is 27.7 Å². The summed E-state index contributed by atoms with van der Waals surface area (Å²) in [7, 11) is -3.87. The molecule has 178 valence electrons. The Bertz CT molecular complexity index is 1230. The molecule has 2 aliphatic rings. The van der Waals surface area contributed by atoms with Gasteiger partial charge in [0.15, 0.2) is 0 Å². The second-order valence-electron chi connectivity index (χ2n) is 7.94. The molecule has 0 spiro atoms. The van der Waals surface area contributed by atoms with E-state index in [0.29, 0.717) is 18.7 Å². The van der Waals surface area contributed by atoms with Crippen LogP contribution in [0.2, 0.25) is 0 Å². The number of rotatable bonds is 7. The number of hydrogen-bond acceptors (Lipinski definition) is 6. The molecule has 1 fully saturated rings. The van der Waals surface area contributed by atoms with Crippen molar-refractivity contribution in [1.29, 1.82) is 0 Å². The molecular formula is C23H25N5O5S. The van der Waals surface area contributed by atoms with Crippen LogP contribution in [0, 0.1) is 0 Å². The summed E-state index contributed by atoms with van der Waals surface area (Å²) >= 11 is 0. The average molecular weight is 484 g/mol. The highest BCUT2D eigenvalue weighted by molar-refractivity contribution is 7.89. The number of hydrogen-bond donors (Lipinski definition) is 2. The molecule has 0 aliphatic carbocycles. The summed E-state index contributed by atoms with van der Waals surface area (Å²) in [5, 5.41) is 11.0. The average Bonchev–Trinajstić information content (AvgIpc) is 3.34. The molecule has 2 aromatic carbocycles. The standard InChI is InChI=1S/C23H25N5O5S/c29-21(9-10-23(31)28-13-11-20(26-28)17-5-2-1-3-6-17)25-18-7-4-8-19(15-18)34(32,33)27-14-12-24-22(30)16-27/h1-8,15H,9-14,16H2,(H,24,30)(H,25,29). The summed E-state index contributed by atoms with van der Waals surface area (Å²) in [5.74, 6) is -1.02. The number of sulfonamides is 1. The van der Waals surface area contributed by atoms with Crippen LogP contribution in [0.25, 0.3) is 0 Å². The Labute approximate surface area is 197 Å². The van der Waals surface area contributed by atoms with E-state index >= 15 is 0 Å². The van der Waals surface area contributed by atoms with Crippen LogP contribution in [-0.2, 0) is 24.4 Å². The number of anilines is 1. The van der Waals surface area contributed by atoms with Crippen LogP contribution < -0.4 is 10.6 Å². The fraction of sp³-hybridized carbons (Fsp3) is 0.304. The third-order valence-corrected chi connectivity index (χ3v) is 7.36. The lowest BCUT2D eigenvalue weighted by Crippen LogP contribution is -2.49. The number of nitrogens with zero attached hydrogens (tertiary/aromatic N) is 3. The molecule has 0 bridgehead atoms. The molecule has 10 nitrogen and oxygen atoms in total. The second-order valence-corrected chi connectivity index (χ2v) is 9.88. The number of piperazine rings is 1. The molecule has 2 N–H and O–H groups in total. The Hall–Kier alpha value is -3.57. The number of amides is 3. The maximum absolute atomic E-state index is 12.8. The fourth-order valence-electron chi connectivity index (χ4n) is 3.75. The van der Waals surface area contributed by atoms with E-state index in [2.05, 4.69) is 15.7 Å². The van der Waals surface area contributed by atoms with Gasteiger partial charge in [-0.25, -0.2) is 13.4 Å². The first-order chi connectivity index (χ1) is 16.3. The number of carbonyl (C=O) groups excluding carboxylic acids is 3. The maximum atomic E-state index is 12.8. The predicted molar refractivity (Wildman–Crippen MR) is 125 cm³/mol. The summed E-state index contributed by atoms with van der Waals surface area (Å²) in [6.45, 7) is 0.652. The van der Waals surface area contributed by atoms with Gasteiger partial charge in [-0.15, -0.1) is 0 Å². The Balaban J connectivity index is 1.33. The van der Waals surface area contributed by atoms with Crippen molar-refractivity contribution in [2.75, 3.05) is 31.5 Å². The minimum absolute atomic E-state index is 0.0156. The number of nitrogens with one attached hydrogen (secondary N) is 2. The van der Waals surface area contributed by atoms with Crippen molar-refractivity contribution in [2.45, 2.75) is 24.2 Å². The largest absolute Gasteiger partial charge is 0.354 e. The van der Waals surface area contributed by atoms with Crippen molar-refractivity contribution in [3.63, 3.8) is 0 Å². The first-order valence-electron chi connectivity index (χ1n) is 10.9. The zero-order valence-corrected chi connectivity index (χ0v) is 19.3. The van der Waals surface area contributed by atoms with E-state index in [1.54, 1.807) is 6.07 Å². The Morgan fingerprint density at radius 2 is 1.82 bits per heavy atom. The predicted octanol–water partition coefficient (Wildman–Crippen LogP) is 1.16. The summed E-state index contributed by atoms with van der Waals surface area (Å²) in [4.78, 5) is 36.4. The van der Waals surface area contributed by atoms with E-state index in [4.69, 9.17) is 0 Å². The molecule has 0 atom stereocenters. The van der Waals surface area contributed by atoms with Gasteiger partial charge in [-0.05, 0) is 23.8 Å². The van der Waals surface area contributed by atoms with Gasteiger partial charge in [0, 0.05) is 38.0 Å². The van der Waals surface area contributed by atoms with Gasteiger partial charge in [0.25, 0.3) is 0 Å². The van der Waals surface area contributed by atoms with Crippen LogP contribution in [0.3, 0.4) is 0 Å². The highest BCUT2D eigenvalue weighted by Crippen LogP contribution is 2.21. The van der Waals surface area contributed by atoms with Crippen LogP contribution in [0.4, 0.5) is 5.69 Å². The van der Waals surface area contributed by atoms with Gasteiger partial charge >= 0.3 is 0 Å². The van der Waals surface area contributed by atoms with Crippen LogP contribution in [0.15, 0.2) is 64.6 Å². The third-order valence-electron chi connectivity index (χ3n) is 5.52. The zero-order valence-electron chi connectivity index (χ0n) is 18.4. The van der Waals surface area contributed by atoms with Gasteiger partial charge in [0.05, 0.1) is 23.7 Å². The Kier molecular flexibility index (Phi) is 7.03. The topological polar surface area (TPSA) is 128 Å². The van der Waals surface area contributed by atoms with Gasteiger partial charge in [-0.3, -0.25) is 14.4 Å².